The third kappa shape index (κ3) is 14.0. The molecule has 0 aliphatic carbocycles. The number of unbranched alkanes of at least 4 members (excludes halogenated alkanes) is 6. The van der Waals surface area contributed by atoms with E-state index >= 15 is 0 Å². The maximum Gasteiger partial charge on any atom is 0.0431 e. The molecule has 1 unspecified atom stereocenters. The van der Waals surface area contributed by atoms with Gasteiger partial charge in [0, 0.05) is 6.61 Å². The van der Waals surface area contributed by atoms with Gasteiger partial charge in [0.2, 0.25) is 0 Å². The van der Waals surface area contributed by atoms with Gasteiger partial charge in [0.1, 0.15) is 0 Å². The quantitative estimate of drug-likeness (QED) is 0.428. The van der Waals surface area contributed by atoms with E-state index in [1.165, 1.54) is 64.2 Å². The largest absolute Gasteiger partial charge is 0.396 e. The Kier molecular flexibility index (Phi) is 13.4. The van der Waals surface area contributed by atoms with Crippen LogP contribution in [-0.4, -0.2) is 11.7 Å². The second-order valence-corrected chi connectivity index (χ2v) is 6.42. The highest BCUT2D eigenvalue weighted by Gasteiger charge is 2.02. The maximum atomic E-state index is 8.68. The van der Waals surface area contributed by atoms with Crippen molar-refractivity contribution in [2.45, 2.75) is 91.4 Å². The summed E-state index contributed by atoms with van der Waals surface area (Å²) in [7, 11) is 0. The van der Waals surface area contributed by atoms with Crippen LogP contribution in [0.3, 0.4) is 0 Å². The number of hydrogen-bond acceptors (Lipinski definition) is 1. The first-order valence-corrected chi connectivity index (χ1v) is 8.27. The Labute approximate surface area is 115 Å². The van der Waals surface area contributed by atoms with Crippen LogP contribution >= 0.6 is 0 Å². The molecule has 0 aliphatic rings. The molecule has 18 heavy (non-hydrogen) atoms. The highest BCUT2D eigenvalue weighted by molar-refractivity contribution is 4.56. The van der Waals surface area contributed by atoms with Crippen molar-refractivity contribution in [1.82, 2.24) is 0 Å². The normalized spacial score (nSPS) is 13.2. The molecule has 0 bridgehead atoms. The van der Waals surface area contributed by atoms with E-state index in [0.717, 1.165) is 18.3 Å². The van der Waals surface area contributed by atoms with Crippen molar-refractivity contribution in [3.05, 3.63) is 0 Å². The van der Waals surface area contributed by atoms with E-state index in [1.807, 2.05) is 0 Å². The summed E-state index contributed by atoms with van der Waals surface area (Å²) in [5.74, 6) is 1.80. The smallest absolute Gasteiger partial charge is 0.0431 e. The zero-order valence-electron chi connectivity index (χ0n) is 13.1. The Balaban J connectivity index is 3.14. The Morgan fingerprint density at radius 2 is 1.06 bits per heavy atom. The molecule has 0 aromatic heterocycles. The average molecular weight is 256 g/mol. The zero-order chi connectivity index (χ0) is 13.6. The molecule has 1 N–H and O–H groups in total. The molecule has 0 radical (unpaired) electrons. The van der Waals surface area contributed by atoms with Gasteiger partial charge in [-0.05, 0) is 18.3 Å². The van der Waals surface area contributed by atoms with Gasteiger partial charge >= 0.3 is 0 Å². The van der Waals surface area contributed by atoms with E-state index in [1.54, 1.807) is 0 Å². The number of aliphatic hydroxyl groups excluding tert-OH is 1. The summed E-state index contributed by atoms with van der Waals surface area (Å²) in [5, 5.41) is 8.68. The van der Waals surface area contributed by atoms with Gasteiger partial charge in [-0.3, -0.25) is 0 Å². The molecule has 0 amide bonds. The third-order valence-corrected chi connectivity index (χ3v) is 3.83. The van der Waals surface area contributed by atoms with E-state index in [0.29, 0.717) is 6.61 Å². The first kappa shape index (κ1) is 18.0. The summed E-state index contributed by atoms with van der Waals surface area (Å²) >= 11 is 0. The van der Waals surface area contributed by atoms with Crippen molar-refractivity contribution in [3.63, 3.8) is 0 Å². The lowest BCUT2D eigenvalue weighted by atomic mass is 9.95. The fraction of sp³-hybridized carbons (Fsp3) is 1.00. The average Bonchev–Trinajstić information content (AvgIpc) is 2.33. The lowest BCUT2D eigenvalue weighted by Gasteiger charge is -2.11. The van der Waals surface area contributed by atoms with Crippen molar-refractivity contribution < 1.29 is 5.11 Å². The molecule has 0 fully saturated rings. The van der Waals surface area contributed by atoms with Crippen molar-refractivity contribution in [1.29, 1.82) is 0 Å². The minimum Gasteiger partial charge on any atom is -0.396 e. The fourth-order valence-corrected chi connectivity index (χ4v) is 2.50. The topological polar surface area (TPSA) is 20.2 Å². The lowest BCUT2D eigenvalue weighted by molar-refractivity contribution is 0.282. The van der Waals surface area contributed by atoms with Gasteiger partial charge < -0.3 is 5.11 Å². The predicted molar refractivity (Wildman–Crippen MR) is 81.9 cm³/mol. The molecule has 0 aliphatic heterocycles. The number of rotatable bonds is 13. The van der Waals surface area contributed by atoms with E-state index in [9.17, 15) is 0 Å². The molecule has 1 nitrogen and oxygen atoms in total. The van der Waals surface area contributed by atoms with Crippen LogP contribution in [0.15, 0.2) is 0 Å². The van der Waals surface area contributed by atoms with Gasteiger partial charge in [0.15, 0.2) is 0 Å². The number of aliphatic hydroxyl groups is 1. The van der Waals surface area contributed by atoms with Gasteiger partial charge in [0.25, 0.3) is 0 Å². The highest BCUT2D eigenvalue weighted by atomic mass is 16.2. The second-order valence-electron chi connectivity index (χ2n) is 6.42. The molecule has 0 aromatic carbocycles. The summed E-state index contributed by atoms with van der Waals surface area (Å²) < 4.78 is 0. The monoisotopic (exact) mass is 256 g/mol. The van der Waals surface area contributed by atoms with E-state index in [2.05, 4.69) is 20.8 Å². The molecule has 0 saturated heterocycles. The SMILES string of the molecule is CC(C)CCCCC(C)CCCCCCCCO. The van der Waals surface area contributed by atoms with Crippen LogP contribution in [0.1, 0.15) is 91.4 Å². The molecule has 0 aromatic rings. The second kappa shape index (κ2) is 13.4. The fourth-order valence-electron chi connectivity index (χ4n) is 2.50. The molecule has 0 heterocycles. The summed E-state index contributed by atoms with van der Waals surface area (Å²) in [5.41, 5.74) is 0. The maximum absolute atomic E-state index is 8.68. The van der Waals surface area contributed by atoms with Crippen LogP contribution in [0.25, 0.3) is 0 Å². The van der Waals surface area contributed by atoms with E-state index in [4.69, 9.17) is 5.11 Å². The molecule has 0 saturated carbocycles. The van der Waals surface area contributed by atoms with Crippen LogP contribution in [-0.2, 0) is 0 Å². The van der Waals surface area contributed by atoms with Crippen LogP contribution in [0, 0.1) is 11.8 Å². The predicted octanol–water partition coefficient (Wildman–Crippen LogP) is 5.56. The van der Waals surface area contributed by atoms with Crippen LogP contribution < -0.4 is 0 Å². The van der Waals surface area contributed by atoms with Gasteiger partial charge in [-0.1, -0.05) is 85.0 Å². The van der Waals surface area contributed by atoms with Gasteiger partial charge in [0.05, 0.1) is 0 Å². The van der Waals surface area contributed by atoms with E-state index < -0.39 is 0 Å². The molecular weight excluding hydrogens is 220 g/mol. The summed E-state index contributed by atoms with van der Waals surface area (Å²) in [4.78, 5) is 0. The Bertz CT molecular complexity index is 154. The zero-order valence-corrected chi connectivity index (χ0v) is 13.1. The van der Waals surface area contributed by atoms with Gasteiger partial charge in [-0.25, -0.2) is 0 Å². The van der Waals surface area contributed by atoms with Crippen LogP contribution in [0.4, 0.5) is 0 Å². The standard InChI is InChI=1S/C17H36O/c1-16(2)12-9-10-14-17(3)13-8-6-4-5-7-11-15-18/h16-18H,4-15H2,1-3H3. The Morgan fingerprint density at radius 3 is 1.61 bits per heavy atom. The van der Waals surface area contributed by atoms with Crippen molar-refractivity contribution in [2.75, 3.05) is 6.61 Å². The van der Waals surface area contributed by atoms with Gasteiger partial charge in [-0.15, -0.1) is 0 Å². The van der Waals surface area contributed by atoms with Crippen LogP contribution in [0.5, 0.6) is 0 Å². The molecule has 1 heteroatoms. The number of hydrogen-bond donors (Lipinski definition) is 1. The molecule has 1 atom stereocenters. The first-order valence-electron chi connectivity index (χ1n) is 8.27. The highest BCUT2D eigenvalue weighted by Crippen LogP contribution is 2.18. The lowest BCUT2D eigenvalue weighted by Crippen LogP contribution is -1.96. The molecular formula is C17H36O. The minimum atomic E-state index is 0.368. The van der Waals surface area contributed by atoms with Crippen LogP contribution in [0.2, 0.25) is 0 Å². The summed E-state index contributed by atoms with van der Waals surface area (Å²) in [6.45, 7) is 7.43. The molecule has 0 rings (SSSR count). The Morgan fingerprint density at radius 1 is 0.611 bits per heavy atom. The first-order chi connectivity index (χ1) is 8.66. The van der Waals surface area contributed by atoms with Gasteiger partial charge in [-0.2, -0.15) is 0 Å². The van der Waals surface area contributed by atoms with E-state index in [-0.39, 0.29) is 0 Å². The van der Waals surface area contributed by atoms with Crippen molar-refractivity contribution >= 4 is 0 Å². The molecule has 110 valence electrons. The van der Waals surface area contributed by atoms with Crippen molar-refractivity contribution in [2.24, 2.45) is 11.8 Å². The Hall–Kier alpha value is -0.0400. The molecule has 0 spiro atoms. The third-order valence-electron chi connectivity index (χ3n) is 3.83. The summed E-state index contributed by atoms with van der Waals surface area (Å²) in [6, 6.07) is 0. The van der Waals surface area contributed by atoms with Crippen molar-refractivity contribution in [3.8, 4) is 0 Å². The minimum absolute atomic E-state index is 0.368. The summed E-state index contributed by atoms with van der Waals surface area (Å²) in [6.07, 6.45) is 14.8.